The third-order valence-electron chi connectivity index (χ3n) is 6.39. The maximum Gasteiger partial charge on any atom is 0.253 e. The lowest BCUT2D eigenvalue weighted by atomic mass is 9.71. The summed E-state index contributed by atoms with van der Waals surface area (Å²) in [5, 5.41) is 3.05. The monoisotopic (exact) mass is 392 g/mol. The van der Waals surface area contributed by atoms with Crippen molar-refractivity contribution in [3.63, 3.8) is 0 Å². The SMILES string of the molecule is CCc1ccc(C(=O)N2C[C@@H](C(=O)Nc3ccccc3)C3(CCOCC3)C2)cc1. The van der Waals surface area contributed by atoms with Gasteiger partial charge >= 0.3 is 0 Å². The maximum absolute atomic E-state index is 13.2. The van der Waals surface area contributed by atoms with E-state index in [9.17, 15) is 9.59 Å². The van der Waals surface area contributed by atoms with Crippen LogP contribution in [0.15, 0.2) is 54.6 Å². The van der Waals surface area contributed by atoms with E-state index in [0.29, 0.717) is 31.9 Å². The van der Waals surface area contributed by atoms with Crippen LogP contribution in [-0.2, 0) is 16.0 Å². The lowest BCUT2D eigenvalue weighted by Gasteiger charge is -2.37. The molecule has 29 heavy (non-hydrogen) atoms. The Balaban J connectivity index is 1.55. The number of rotatable bonds is 4. The Morgan fingerprint density at radius 1 is 1.07 bits per heavy atom. The van der Waals surface area contributed by atoms with E-state index in [0.717, 1.165) is 24.9 Å². The normalized spacial score (nSPS) is 20.6. The number of likely N-dealkylation sites (tertiary alicyclic amines) is 1. The second kappa shape index (κ2) is 8.37. The van der Waals surface area contributed by atoms with E-state index in [4.69, 9.17) is 4.74 Å². The highest BCUT2D eigenvalue weighted by atomic mass is 16.5. The van der Waals surface area contributed by atoms with Gasteiger partial charge in [-0.2, -0.15) is 0 Å². The van der Waals surface area contributed by atoms with Gasteiger partial charge in [-0.3, -0.25) is 9.59 Å². The molecule has 0 saturated carbocycles. The van der Waals surface area contributed by atoms with Gasteiger partial charge in [-0.1, -0.05) is 37.3 Å². The van der Waals surface area contributed by atoms with Crippen molar-refractivity contribution < 1.29 is 14.3 Å². The number of carbonyl (C=O) groups is 2. The molecule has 2 saturated heterocycles. The fourth-order valence-corrected chi connectivity index (χ4v) is 4.59. The van der Waals surface area contributed by atoms with Crippen LogP contribution in [0.5, 0.6) is 0 Å². The molecule has 0 aliphatic carbocycles. The summed E-state index contributed by atoms with van der Waals surface area (Å²) >= 11 is 0. The largest absolute Gasteiger partial charge is 0.381 e. The lowest BCUT2D eigenvalue weighted by Crippen LogP contribution is -2.42. The second-order valence-corrected chi connectivity index (χ2v) is 8.12. The van der Waals surface area contributed by atoms with E-state index in [2.05, 4.69) is 12.2 Å². The first-order valence-electron chi connectivity index (χ1n) is 10.4. The first-order valence-corrected chi connectivity index (χ1v) is 10.4. The zero-order valence-electron chi connectivity index (χ0n) is 16.9. The number of nitrogens with one attached hydrogen (secondary N) is 1. The summed E-state index contributed by atoms with van der Waals surface area (Å²) in [5.41, 5.74) is 2.48. The summed E-state index contributed by atoms with van der Waals surface area (Å²) < 4.78 is 5.57. The molecule has 152 valence electrons. The molecule has 1 N–H and O–H groups in total. The maximum atomic E-state index is 13.2. The van der Waals surface area contributed by atoms with E-state index in [1.807, 2.05) is 59.5 Å². The summed E-state index contributed by atoms with van der Waals surface area (Å²) in [6.45, 7) is 4.44. The van der Waals surface area contributed by atoms with Crippen molar-refractivity contribution >= 4 is 17.5 Å². The average molecular weight is 392 g/mol. The van der Waals surface area contributed by atoms with E-state index in [-0.39, 0.29) is 23.1 Å². The molecule has 0 unspecified atom stereocenters. The second-order valence-electron chi connectivity index (χ2n) is 8.12. The molecule has 2 aliphatic rings. The predicted molar refractivity (Wildman–Crippen MR) is 113 cm³/mol. The van der Waals surface area contributed by atoms with E-state index < -0.39 is 0 Å². The molecular formula is C24H28N2O3. The number of aryl methyl sites for hydroxylation is 1. The van der Waals surface area contributed by atoms with Crippen LogP contribution < -0.4 is 5.32 Å². The lowest BCUT2D eigenvalue weighted by molar-refractivity contribution is -0.124. The molecule has 2 fully saturated rings. The van der Waals surface area contributed by atoms with Crippen LogP contribution in [0.2, 0.25) is 0 Å². The molecule has 2 aliphatic heterocycles. The fraction of sp³-hybridized carbons (Fsp3) is 0.417. The number of hydrogen-bond acceptors (Lipinski definition) is 3. The first kappa shape index (κ1) is 19.6. The number of amides is 2. The van der Waals surface area contributed by atoms with Gasteiger partial charge in [0.25, 0.3) is 5.91 Å². The van der Waals surface area contributed by atoms with Gasteiger partial charge < -0.3 is 15.0 Å². The molecule has 2 amide bonds. The van der Waals surface area contributed by atoms with E-state index >= 15 is 0 Å². The quantitative estimate of drug-likeness (QED) is 0.862. The molecule has 2 heterocycles. The third-order valence-corrected chi connectivity index (χ3v) is 6.39. The highest BCUT2D eigenvalue weighted by Gasteiger charge is 2.51. The summed E-state index contributed by atoms with van der Waals surface area (Å²) in [6, 6.07) is 17.3. The van der Waals surface area contributed by atoms with Crippen LogP contribution >= 0.6 is 0 Å². The van der Waals surface area contributed by atoms with Gasteiger partial charge in [0.2, 0.25) is 5.91 Å². The minimum absolute atomic E-state index is 0.00488. The van der Waals surface area contributed by atoms with Crippen molar-refractivity contribution in [3.05, 3.63) is 65.7 Å². The van der Waals surface area contributed by atoms with Crippen molar-refractivity contribution in [2.24, 2.45) is 11.3 Å². The molecule has 4 rings (SSSR count). The molecule has 0 aromatic heterocycles. The van der Waals surface area contributed by atoms with Crippen LogP contribution in [0.3, 0.4) is 0 Å². The van der Waals surface area contributed by atoms with Gasteiger partial charge in [0.15, 0.2) is 0 Å². The van der Waals surface area contributed by atoms with Gasteiger partial charge in [-0.05, 0) is 49.1 Å². The third kappa shape index (κ3) is 4.06. The van der Waals surface area contributed by atoms with Gasteiger partial charge in [-0.15, -0.1) is 0 Å². The highest BCUT2D eigenvalue weighted by molar-refractivity contribution is 5.97. The molecule has 5 heteroatoms. The number of para-hydroxylation sites is 1. The molecule has 0 bridgehead atoms. The average Bonchev–Trinajstić information content (AvgIpc) is 3.13. The number of carbonyl (C=O) groups excluding carboxylic acids is 2. The number of benzene rings is 2. The van der Waals surface area contributed by atoms with E-state index in [1.54, 1.807) is 0 Å². The molecular weight excluding hydrogens is 364 g/mol. The van der Waals surface area contributed by atoms with Crippen LogP contribution in [0, 0.1) is 11.3 Å². The van der Waals surface area contributed by atoms with Crippen molar-refractivity contribution in [3.8, 4) is 0 Å². The number of nitrogens with zero attached hydrogens (tertiary/aromatic N) is 1. The molecule has 5 nitrogen and oxygen atoms in total. The zero-order chi connectivity index (χ0) is 20.3. The Kier molecular flexibility index (Phi) is 5.67. The standard InChI is InChI=1S/C24H28N2O3/c1-2-18-8-10-19(11-9-18)23(28)26-16-21(24(17-26)12-14-29-15-13-24)22(27)25-20-6-4-3-5-7-20/h3-11,21H,2,12-17H2,1H3,(H,25,27)/t21-/m0/s1. The van der Waals surface area contributed by atoms with Crippen molar-refractivity contribution in [1.29, 1.82) is 0 Å². The summed E-state index contributed by atoms with van der Waals surface area (Å²) in [7, 11) is 0. The van der Waals surface area contributed by atoms with Gasteiger partial charge in [0, 0.05) is 43.0 Å². The minimum Gasteiger partial charge on any atom is -0.381 e. The Hall–Kier alpha value is -2.66. The molecule has 0 radical (unpaired) electrons. The predicted octanol–water partition coefficient (Wildman–Crippen LogP) is 3.76. The molecule has 2 aromatic rings. The Morgan fingerprint density at radius 3 is 2.41 bits per heavy atom. The van der Waals surface area contributed by atoms with Crippen molar-refractivity contribution in [1.82, 2.24) is 4.90 Å². The van der Waals surface area contributed by atoms with Crippen LogP contribution in [0.25, 0.3) is 0 Å². The molecule has 1 spiro atoms. The van der Waals surface area contributed by atoms with Crippen molar-refractivity contribution in [2.45, 2.75) is 26.2 Å². The van der Waals surface area contributed by atoms with Crippen LogP contribution in [-0.4, -0.2) is 43.0 Å². The van der Waals surface area contributed by atoms with Gasteiger partial charge in [0.1, 0.15) is 0 Å². The summed E-state index contributed by atoms with van der Waals surface area (Å²) in [6.07, 6.45) is 2.56. The van der Waals surface area contributed by atoms with Gasteiger partial charge in [0.05, 0.1) is 5.92 Å². The van der Waals surface area contributed by atoms with Crippen LogP contribution in [0.4, 0.5) is 5.69 Å². The van der Waals surface area contributed by atoms with Gasteiger partial charge in [-0.25, -0.2) is 0 Å². The number of anilines is 1. The molecule has 2 aromatic carbocycles. The Morgan fingerprint density at radius 2 is 1.76 bits per heavy atom. The number of hydrogen-bond donors (Lipinski definition) is 1. The Labute approximate surface area is 172 Å². The molecule has 1 atom stereocenters. The van der Waals surface area contributed by atoms with Crippen LogP contribution in [0.1, 0.15) is 35.7 Å². The fourth-order valence-electron chi connectivity index (χ4n) is 4.59. The minimum atomic E-state index is -0.231. The zero-order valence-corrected chi connectivity index (χ0v) is 16.9. The van der Waals surface area contributed by atoms with Crippen molar-refractivity contribution in [2.75, 3.05) is 31.6 Å². The topological polar surface area (TPSA) is 58.6 Å². The highest BCUT2D eigenvalue weighted by Crippen LogP contribution is 2.45. The van der Waals surface area contributed by atoms with E-state index in [1.165, 1.54) is 5.56 Å². The first-order chi connectivity index (χ1) is 14.1. The summed E-state index contributed by atoms with van der Waals surface area (Å²) in [5.74, 6) is -0.228. The Bertz CT molecular complexity index is 857. The summed E-state index contributed by atoms with van der Waals surface area (Å²) in [4.78, 5) is 28.2. The number of ether oxygens (including phenoxy) is 1. The smallest absolute Gasteiger partial charge is 0.253 e.